The van der Waals surface area contributed by atoms with E-state index < -0.39 is 49.5 Å². The number of esters is 1. The van der Waals surface area contributed by atoms with Gasteiger partial charge in [-0.05, 0) is 89.9 Å². The molecule has 0 spiro atoms. The number of amides is 1. The highest BCUT2D eigenvalue weighted by molar-refractivity contribution is 5.76. The van der Waals surface area contributed by atoms with Crippen molar-refractivity contribution in [3.63, 3.8) is 0 Å². The molecule has 1 heterocycles. The second-order valence-corrected chi connectivity index (χ2v) is 24.2. The number of hydrogen-bond acceptors (Lipinski definition) is 10. The minimum Gasteiger partial charge on any atom is -0.466 e. The molecule has 1 amide bonds. The first-order chi connectivity index (χ1) is 40.7. The molecule has 0 bridgehead atoms. The van der Waals surface area contributed by atoms with Crippen LogP contribution in [0.25, 0.3) is 0 Å². The quantitative estimate of drug-likeness (QED) is 0.0195. The Kier molecular flexibility index (Phi) is 57.6. The van der Waals surface area contributed by atoms with Crippen LogP contribution < -0.4 is 5.32 Å². The lowest BCUT2D eigenvalue weighted by molar-refractivity contribution is -0.302. The second-order valence-electron chi connectivity index (χ2n) is 24.2. The molecule has 83 heavy (non-hydrogen) atoms. The van der Waals surface area contributed by atoms with Gasteiger partial charge in [0.05, 0.1) is 32.0 Å². The molecule has 11 heteroatoms. The van der Waals surface area contributed by atoms with Crippen LogP contribution in [-0.4, -0.2) is 100 Å². The Morgan fingerprint density at radius 2 is 0.831 bits per heavy atom. The lowest BCUT2D eigenvalue weighted by Crippen LogP contribution is -2.60. The number of nitrogens with one attached hydrogen (secondary N) is 1. The third-order valence-electron chi connectivity index (χ3n) is 16.3. The van der Waals surface area contributed by atoms with E-state index in [1.165, 1.54) is 225 Å². The van der Waals surface area contributed by atoms with E-state index in [9.17, 15) is 35.1 Å². The molecule has 6 N–H and O–H groups in total. The van der Waals surface area contributed by atoms with E-state index in [-0.39, 0.29) is 18.5 Å². The number of hydrogen-bond donors (Lipinski definition) is 6. The normalized spacial score (nSPS) is 18.5. The zero-order valence-electron chi connectivity index (χ0n) is 53.7. The monoisotopic (exact) mass is 1170 g/mol. The van der Waals surface area contributed by atoms with E-state index in [1.807, 2.05) is 6.08 Å². The molecular formula is C72H131NO10. The maximum Gasteiger partial charge on any atom is 0.305 e. The van der Waals surface area contributed by atoms with Gasteiger partial charge in [-0.15, -0.1) is 0 Å². The number of aliphatic hydroxyl groups is 5. The molecule has 0 aromatic heterocycles. The van der Waals surface area contributed by atoms with Gasteiger partial charge >= 0.3 is 5.97 Å². The number of carbonyl (C=O) groups is 2. The van der Waals surface area contributed by atoms with Gasteiger partial charge in [0.15, 0.2) is 6.29 Å². The Labute approximate surface area is 509 Å². The summed E-state index contributed by atoms with van der Waals surface area (Å²) < 4.78 is 16.7. The van der Waals surface area contributed by atoms with E-state index in [4.69, 9.17) is 14.2 Å². The SMILES string of the molecule is CCC/C=C\C/C=C\CCCCCCCC(=O)OCCCCCCCCCCC/C=C\C/C=C\CCCCCCCCCCCCCCCCCC(=O)NC(COC1OC(CO)C(O)C(O)C1O)C(O)/C=C/CCCCCCCCCCC. The summed E-state index contributed by atoms with van der Waals surface area (Å²) in [4.78, 5) is 25.1. The molecule has 1 fully saturated rings. The van der Waals surface area contributed by atoms with Crippen LogP contribution in [0.3, 0.4) is 0 Å². The summed E-state index contributed by atoms with van der Waals surface area (Å²) in [6.45, 7) is 4.28. The van der Waals surface area contributed by atoms with Gasteiger partial charge in [-0.25, -0.2) is 0 Å². The molecule has 1 aliphatic rings. The molecule has 7 unspecified atom stereocenters. The molecule has 1 saturated heterocycles. The van der Waals surface area contributed by atoms with Crippen LogP contribution in [-0.2, 0) is 23.8 Å². The van der Waals surface area contributed by atoms with Crippen molar-refractivity contribution in [3.05, 3.63) is 60.8 Å². The van der Waals surface area contributed by atoms with Gasteiger partial charge in [0.25, 0.3) is 0 Å². The highest BCUT2D eigenvalue weighted by Crippen LogP contribution is 2.23. The molecule has 1 rings (SSSR count). The van der Waals surface area contributed by atoms with E-state index >= 15 is 0 Å². The van der Waals surface area contributed by atoms with Crippen LogP contribution in [0.4, 0.5) is 0 Å². The number of ether oxygens (including phenoxy) is 3. The first-order valence-corrected chi connectivity index (χ1v) is 35.1. The molecule has 0 saturated carbocycles. The molecule has 0 aromatic carbocycles. The van der Waals surface area contributed by atoms with Gasteiger partial charge in [0.1, 0.15) is 24.4 Å². The predicted octanol–water partition coefficient (Wildman–Crippen LogP) is 17.7. The van der Waals surface area contributed by atoms with Gasteiger partial charge in [0.2, 0.25) is 5.91 Å². The maximum absolute atomic E-state index is 13.0. The van der Waals surface area contributed by atoms with Crippen molar-refractivity contribution in [2.24, 2.45) is 0 Å². The van der Waals surface area contributed by atoms with Gasteiger partial charge in [-0.3, -0.25) is 9.59 Å². The van der Waals surface area contributed by atoms with Crippen molar-refractivity contribution < 1.29 is 49.3 Å². The van der Waals surface area contributed by atoms with Crippen molar-refractivity contribution in [2.75, 3.05) is 19.8 Å². The van der Waals surface area contributed by atoms with E-state index in [2.05, 4.69) is 67.8 Å². The third kappa shape index (κ3) is 50.1. The van der Waals surface area contributed by atoms with Gasteiger partial charge in [-0.2, -0.15) is 0 Å². The van der Waals surface area contributed by atoms with E-state index in [0.717, 1.165) is 70.6 Å². The lowest BCUT2D eigenvalue weighted by atomic mass is 9.99. The topological polar surface area (TPSA) is 175 Å². The Balaban J connectivity index is 1.96. The van der Waals surface area contributed by atoms with Crippen molar-refractivity contribution in [1.82, 2.24) is 5.32 Å². The average Bonchev–Trinajstić information content (AvgIpc) is 3.67. The van der Waals surface area contributed by atoms with Crippen LogP contribution in [0.15, 0.2) is 60.8 Å². The Morgan fingerprint density at radius 3 is 1.27 bits per heavy atom. The molecule has 11 nitrogen and oxygen atoms in total. The van der Waals surface area contributed by atoms with Crippen molar-refractivity contribution in [3.8, 4) is 0 Å². The third-order valence-corrected chi connectivity index (χ3v) is 16.3. The predicted molar refractivity (Wildman–Crippen MR) is 347 cm³/mol. The van der Waals surface area contributed by atoms with Crippen LogP contribution >= 0.6 is 0 Å². The lowest BCUT2D eigenvalue weighted by Gasteiger charge is -2.40. The summed E-state index contributed by atoms with van der Waals surface area (Å²) in [5, 5.41) is 54.4. The fourth-order valence-corrected chi connectivity index (χ4v) is 10.8. The van der Waals surface area contributed by atoms with Crippen molar-refractivity contribution in [2.45, 2.75) is 365 Å². The summed E-state index contributed by atoms with van der Waals surface area (Å²) in [5.41, 5.74) is 0. The number of rotatable bonds is 61. The number of unbranched alkanes of at least 4 members (excludes halogenated alkanes) is 39. The number of allylic oxidation sites excluding steroid dienone is 9. The molecular weight excluding hydrogens is 1040 g/mol. The smallest absolute Gasteiger partial charge is 0.305 e. The number of aliphatic hydroxyl groups excluding tert-OH is 5. The molecule has 0 radical (unpaired) electrons. The van der Waals surface area contributed by atoms with Crippen molar-refractivity contribution >= 4 is 11.9 Å². The highest BCUT2D eigenvalue weighted by Gasteiger charge is 2.44. The van der Waals surface area contributed by atoms with E-state index in [1.54, 1.807) is 6.08 Å². The summed E-state index contributed by atoms with van der Waals surface area (Å²) in [7, 11) is 0. The zero-order chi connectivity index (χ0) is 60.2. The Morgan fingerprint density at radius 1 is 0.446 bits per heavy atom. The Bertz CT molecular complexity index is 1560. The van der Waals surface area contributed by atoms with Crippen LogP contribution in [0.2, 0.25) is 0 Å². The standard InChI is InChI=1S/C72H131NO10/c1-3-5-7-9-11-13-15-35-40-44-48-52-56-60-68(77)81-61-57-53-49-45-41-37-34-32-30-28-26-24-22-20-18-16-17-19-21-23-25-27-29-31-33-36-39-43-47-51-55-59-67(76)73-64(63-82-72-71(80)70(79)69(78)66(62-74)83-72)65(75)58-54-50-46-42-38-14-12-10-8-6-4-2/h7,9,13,15,18,20,24,26,54,58,64-66,69-72,74-75,78-80H,3-6,8,10-12,14,16-17,19,21-23,25,27-53,55-57,59-63H2,1-2H3,(H,73,76)/b9-7-,15-13-,20-18-,26-24-,58-54+. The summed E-state index contributed by atoms with van der Waals surface area (Å²) in [5.74, 6) is -0.192. The first-order valence-electron chi connectivity index (χ1n) is 35.1. The molecule has 0 aliphatic carbocycles. The average molecular weight is 1170 g/mol. The van der Waals surface area contributed by atoms with Crippen LogP contribution in [0, 0.1) is 0 Å². The number of carbonyl (C=O) groups excluding carboxylic acids is 2. The molecule has 7 atom stereocenters. The van der Waals surface area contributed by atoms with Crippen LogP contribution in [0.5, 0.6) is 0 Å². The zero-order valence-corrected chi connectivity index (χ0v) is 53.7. The summed E-state index contributed by atoms with van der Waals surface area (Å²) in [6.07, 6.45) is 70.7. The van der Waals surface area contributed by atoms with Crippen molar-refractivity contribution in [1.29, 1.82) is 0 Å². The highest BCUT2D eigenvalue weighted by atomic mass is 16.7. The summed E-state index contributed by atoms with van der Waals surface area (Å²) in [6, 6.07) is -0.810. The largest absolute Gasteiger partial charge is 0.466 e. The Hall–Kier alpha value is -2.64. The minimum absolute atomic E-state index is 0.0105. The summed E-state index contributed by atoms with van der Waals surface area (Å²) >= 11 is 0. The maximum atomic E-state index is 13.0. The first kappa shape index (κ1) is 78.4. The fraction of sp³-hybridized carbons (Fsp3) is 0.833. The molecule has 0 aromatic rings. The van der Waals surface area contributed by atoms with E-state index in [0.29, 0.717) is 19.4 Å². The van der Waals surface area contributed by atoms with Gasteiger partial charge in [0, 0.05) is 12.8 Å². The van der Waals surface area contributed by atoms with Gasteiger partial charge < -0.3 is 45.1 Å². The minimum atomic E-state index is -1.57. The van der Waals surface area contributed by atoms with Gasteiger partial charge in [-0.1, -0.05) is 280 Å². The molecule has 484 valence electrons. The second kappa shape index (κ2) is 61.0. The fourth-order valence-electron chi connectivity index (χ4n) is 10.8. The van der Waals surface area contributed by atoms with Crippen LogP contribution in [0.1, 0.15) is 322 Å². The molecule has 1 aliphatic heterocycles.